The van der Waals surface area contributed by atoms with Gasteiger partial charge in [-0.2, -0.15) is 0 Å². The molecule has 0 aromatic heterocycles. The number of nitro benzene ring substituents is 1. The van der Waals surface area contributed by atoms with Crippen LogP contribution in [0.25, 0.3) is 0 Å². The van der Waals surface area contributed by atoms with Gasteiger partial charge in [-0.1, -0.05) is 23.7 Å². The first kappa shape index (κ1) is 17.4. The fourth-order valence-electron chi connectivity index (χ4n) is 2.03. The van der Waals surface area contributed by atoms with Crippen LogP contribution in [0.4, 0.5) is 11.4 Å². The van der Waals surface area contributed by atoms with Crippen molar-refractivity contribution in [1.82, 2.24) is 5.32 Å². The topological polar surface area (TPSA) is 101 Å². The highest BCUT2D eigenvalue weighted by atomic mass is 35.5. The second kappa shape index (κ2) is 7.56. The molecule has 0 saturated carbocycles. The van der Waals surface area contributed by atoms with Gasteiger partial charge in [0.15, 0.2) is 0 Å². The van der Waals surface area contributed by atoms with E-state index in [2.05, 4.69) is 10.6 Å². The molecule has 2 aromatic carbocycles. The van der Waals surface area contributed by atoms with E-state index in [1.54, 1.807) is 24.3 Å². The molecule has 0 fully saturated rings. The SMILES string of the molecule is CC(=O)Nc1ccc(CNC(=O)c2ccc(Cl)cc2[N+](=O)[O-])cc1. The summed E-state index contributed by atoms with van der Waals surface area (Å²) in [5, 5.41) is 16.4. The Morgan fingerprint density at radius 2 is 1.83 bits per heavy atom. The summed E-state index contributed by atoms with van der Waals surface area (Å²) in [6.45, 7) is 1.60. The maximum absolute atomic E-state index is 12.2. The normalized spacial score (nSPS) is 10.1. The quantitative estimate of drug-likeness (QED) is 0.640. The summed E-state index contributed by atoms with van der Waals surface area (Å²) in [4.78, 5) is 33.5. The van der Waals surface area contributed by atoms with Gasteiger partial charge in [0.25, 0.3) is 11.6 Å². The summed E-state index contributed by atoms with van der Waals surface area (Å²) in [5.74, 6) is -0.740. The number of halogens is 1. The molecular formula is C16H14ClN3O4. The lowest BCUT2D eigenvalue weighted by Crippen LogP contribution is -2.23. The zero-order valence-electron chi connectivity index (χ0n) is 12.7. The van der Waals surface area contributed by atoms with Crippen molar-refractivity contribution < 1.29 is 14.5 Å². The molecule has 0 aliphatic carbocycles. The van der Waals surface area contributed by atoms with Gasteiger partial charge in [-0.05, 0) is 29.8 Å². The maximum Gasteiger partial charge on any atom is 0.283 e. The fraction of sp³-hybridized carbons (Fsp3) is 0.125. The molecule has 2 aromatic rings. The van der Waals surface area contributed by atoms with Crippen molar-refractivity contribution in [3.63, 3.8) is 0 Å². The van der Waals surface area contributed by atoms with E-state index < -0.39 is 10.8 Å². The molecular weight excluding hydrogens is 334 g/mol. The number of hydrogen-bond acceptors (Lipinski definition) is 4. The molecule has 24 heavy (non-hydrogen) atoms. The van der Waals surface area contributed by atoms with Crippen molar-refractivity contribution >= 4 is 34.8 Å². The Labute approximate surface area is 142 Å². The molecule has 0 bridgehead atoms. The van der Waals surface area contributed by atoms with Crippen LogP contribution in [0.1, 0.15) is 22.8 Å². The Kier molecular flexibility index (Phi) is 5.49. The molecule has 2 amide bonds. The number of amides is 2. The van der Waals surface area contributed by atoms with E-state index in [0.29, 0.717) is 5.69 Å². The molecule has 0 heterocycles. The van der Waals surface area contributed by atoms with Gasteiger partial charge >= 0.3 is 0 Å². The van der Waals surface area contributed by atoms with Crippen molar-refractivity contribution in [2.45, 2.75) is 13.5 Å². The number of carbonyl (C=O) groups excluding carboxylic acids is 2. The van der Waals surface area contributed by atoms with Crippen LogP contribution in [-0.2, 0) is 11.3 Å². The maximum atomic E-state index is 12.2. The first-order valence-corrected chi connectivity index (χ1v) is 7.33. The van der Waals surface area contributed by atoms with Gasteiger partial charge in [0.1, 0.15) is 5.56 Å². The first-order chi connectivity index (χ1) is 11.4. The number of nitro groups is 1. The predicted octanol–water partition coefficient (Wildman–Crippen LogP) is 3.14. The van der Waals surface area contributed by atoms with Crippen LogP contribution in [0.3, 0.4) is 0 Å². The largest absolute Gasteiger partial charge is 0.348 e. The van der Waals surface area contributed by atoms with Crippen molar-refractivity contribution in [2.24, 2.45) is 0 Å². The van der Waals surface area contributed by atoms with Crippen molar-refractivity contribution in [3.8, 4) is 0 Å². The van der Waals surface area contributed by atoms with Crippen LogP contribution in [0.15, 0.2) is 42.5 Å². The van der Waals surface area contributed by atoms with E-state index in [-0.39, 0.29) is 28.7 Å². The molecule has 8 heteroatoms. The lowest BCUT2D eigenvalue weighted by Gasteiger charge is -2.07. The summed E-state index contributed by atoms with van der Waals surface area (Å²) in [7, 11) is 0. The third-order valence-electron chi connectivity index (χ3n) is 3.13. The van der Waals surface area contributed by atoms with E-state index in [1.165, 1.54) is 19.1 Å². The standard InChI is InChI=1S/C16H14ClN3O4/c1-10(21)19-13-5-2-11(3-6-13)9-18-16(22)14-7-4-12(17)8-15(14)20(23)24/h2-8H,9H2,1H3,(H,18,22)(H,19,21). The third kappa shape index (κ3) is 4.53. The Bertz CT molecular complexity index is 790. The average Bonchev–Trinajstić information content (AvgIpc) is 2.53. The van der Waals surface area contributed by atoms with E-state index in [4.69, 9.17) is 11.6 Å². The molecule has 0 saturated heterocycles. The lowest BCUT2D eigenvalue weighted by atomic mass is 10.1. The highest BCUT2D eigenvalue weighted by Crippen LogP contribution is 2.23. The Morgan fingerprint density at radius 3 is 2.42 bits per heavy atom. The van der Waals surface area contributed by atoms with Crippen LogP contribution >= 0.6 is 11.6 Å². The summed E-state index contributed by atoms with van der Waals surface area (Å²) in [5.41, 5.74) is 1.03. The summed E-state index contributed by atoms with van der Waals surface area (Å²) < 4.78 is 0. The Morgan fingerprint density at radius 1 is 1.17 bits per heavy atom. The van der Waals surface area contributed by atoms with E-state index in [1.807, 2.05) is 0 Å². The molecule has 7 nitrogen and oxygen atoms in total. The first-order valence-electron chi connectivity index (χ1n) is 6.95. The smallest absolute Gasteiger partial charge is 0.283 e. The molecule has 0 radical (unpaired) electrons. The van der Waals surface area contributed by atoms with Crippen LogP contribution in [0.5, 0.6) is 0 Å². The molecule has 0 unspecified atom stereocenters. The monoisotopic (exact) mass is 347 g/mol. The van der Waals surface area contributed by atoms with Crippen LogP contribution < -0.4 is 10.6 Å². The highest BCUT2D eigenvalue weighted by Gasteiger charge is 2.20. The van der Waals surface area contributed by atoms with Crippen molar-refractivity contribution in [1.29, 1.82) is 0 Å². The minimum absolute atomic E-state index is 0.0562. The lowest BCUT2D eigenvalue weighted by molar-refractivity contribution is -0.385. The molecule has 2 N–H and O–H groups in total. The molecule has 2 rings (SSSR count). The number of nitrogens with one attached hydrogen (secondary N) is 2. The number of hydrogen-bond donors (Lipinski definition) is 2. The van der Waals surface area contributed by atoms with Crippen molar-refractivity contribution in [2.75, 3.05) is 5.32 Å². The minimum atomic E-state index is -0.650. The highest BCUT2D eigenvalue weighted by molar-refractivity contribution is 6.31. The summed E-state index contributed by atoms with van der Waals surface area (Å²) in [6, 6.07) is 10.8. The average molecular weight is 348 g/mol. The number of rotatable bonds is 5. The van der Waals surface area contributed by atoms with Crippen LogP contribution in [0, 0.1) is 10.1 Å². The Balaban J connectivity index is 2.06. The van der Waals surface area contributed by atoms with Crippen molar-refractivity contribution in [3.05, 3.63) is 68.7 Å². The second-order valence-corrected chi connectivity index (χ2v) is 5.42. The zero-order valence-corrected chi connectivity index (χ0v) is 13.5. The van der Waals surface area contributed by atoms with Gasteiger partial charge in [0.2, 0.25) is 5.91 Å². The molecule has 124 valence electrons. The summed E-state index contributed by atoms with van der Waals surface area (Å²) in [6.07, 6.45) is 0. The number of carbonyl (C=O) groups is 2. The summed E-state index contributed by atoms with van der Waals surface area (Å²) >= 11 is 5.72. The molecule has 0 spiro atoms. The number of benzene rings is 2. The molecule has 0 aliphatic heterocycles. The Hall–Kier alpha value is -2.93. The van der Waals surface area contributed by atoms with Gasteiger partial charge in [-0.3, -0.25) is 19.7 Å². The van der Waals surface area contributed by atoms with Crippen LogP contribution in [0.2, 0.25) is 5.02 Å². The second-order valence-electron chi connectivity index (χ2n) is 4.98. The van der Waals surface area contributed by atoms with Gasteiger partial charge in [0, 0.05) is 30.2 Å². The molecule has 0 atom stereocenters. The van der Waals surface area contributed by atoms with Gasteiger partial charge in [0.05, 0.1) is 4.92 Å². The van der Waals surface area contributed by atoms with Gasteiger partial charge in [-0.15, -0.1) is 0 Å². The zero-order chi connectivity index (χ0) is 17.7. The number of nitrogens with zero attached hydrogens (tertiary/aromatic N) is 1. The minimum Gasteiger partial charge on any atom is -0.348 e. The van der Waals surface area contributed by atoms with E-state index in [0.717, 1.165) is 11.6 Å². The van der Waals surface area contributed by atoms with E-state index >= 15 is 0 Å². The fourth-order valence-corrected chi connectivity index (χ4v) is 2.20. The van der Waals surface area contributed by atoms with Gasteiger partial charge < -0.3 is 10.6 Å². The number of anilines is 1. The van der Waals surface area contributed by atoms with E-state index in [9.17, 15) is 19.7 Å². The van der Waals surface area contributed by atoms with Gasteiger partial charge in [-0.25, -0.2) is 0 Å². The van der Waals surface area contributed by atoms with Crippen LogP contribution in [-0.4, -0.2) is 16.7 Å². The third-order valence-corrected chi connectivity index (χ3v) is 3.36. The predicted molar refractivity (Wildman–Crippen MR) is 90.0 cm³/mol. The molecule has 0 aliphatic rings.